The van der Waals surface area contributed by atoms with E-state index in [9.17, 15) is 19.1 Å². The van der Waals surface area contributed by atoms with Gasteiger partial charge in [0.2, 0.25) is 0 Å². The number of benzene rings is 1. The van der Waals surface area contributed by atoms with E-state index in [1.807, 2.05) is 0 Å². The second-order valence-corrected chi connectivity index (χ2v) is 5.55. The number of halogens is 1. The molecule has 1 amide bonds. The summed E-state index contributed by atoms with van der Waals surface area (Å²) in [5, 5.41) is 16.9. The molecule has 0 aliphatic rings. The van der Waals surface area contributed by atoms with Gasteiger partial charge >= 0.3 is 0 Å². The van der Waals surface area contributed by atoms with Gasteiger partial charge < -0.3 is 10.4 Å². The van der Waals surface area contributed by atoms with Gasteiger partial charge in [-0.3, -0.25) is 9.59 Å². The molecule has 7 heteroatoms. The monoisotopic (exact) mass is 333 g/mol. The molecular formula is C17H20FN3O3. The molecule has 0 saturated carbocycles. The van der Waals surface area contributed by atoms with E-state index in [1.165, 1.54) is 41.1 Å². The van der Waals surface area contributed by atoms with Crippen LogP contribution in [0.15, 0.2) is 41.2 Å². The van der Waals surface area contributed by atoms with Crippen LogP contribution >= 0.6 is 0 Å². The van der Waals surface area contributed by atoms with Gasteiger partial charge in [-0.1, -0.05) is 12.1 Å². The number of aliphatic hydroxyl groups excluding tert-OH is 1. The molecule has 0 saturated heterocycles. The summed E-state index contributed by atoms with van der Waals surface area (Å²) in [7, 11) is 0. The highest BCUT2D eigenvalue weighted by Gasteiger charge is 2.16. The molecule has 0 bridgehead atoms. The van der Waals surface area contributed by atoms with Gasteiger partial charge in [-0.15, -0.1) is 0 Å². The lowest BCUT2D eigenvalue weighted by atomic mass is 10.0. The van der Waals surface area contributed by atoms with Crippen molar-refractivity contribution in [3.05, 3.63) is 63.8 Å². The fraction of sp³-hybridized carbons (Fsp3) is 0.353. The molecule has 0 aliphatic heterocycles. The first-order valence-electron chi connectivity index (χ1n) is 7.73. The highest BCUT2D eigenvalue weighted by molar-refractivity contribution is 5.92. The normalized spacial score (nSPS) is 13.3. The maximum atomic E-state index is 12.9. The minimum absolute atomic E-state index is 0.138. The van der Waals surface area contributed by atoms with Gasteiger partial charge in [0.1, 0.15) is 11.5 Å². The molecule has 2 unspecified atom stereocenters. The zero-order valence-electron chi connectivity index (χ0n) is 13.6. The van der Waals surface area contributed by atoms with Gasteiger partial charge in [-0.05, 0) is 44.0 Å². The number of hydrogen-bond acceptors (Lipinski definition) is 4. The third-order valence-electron chi connectivity index (χ3n) is 3.61. The number of carbonyl (C=O) groups is 1. The Kier molecular flexibility index (Phi) is 5.81. The van der Waals surface area contributed by atoms with Gasteiger partial charge in [0.15, 0.2) is 0 Å². The summed E-state index contributed by atoms with van der Waals surface area (Å²) in [6, 6.07) is 7.90. The van der Waals surface area contributed by atoms with E-state index in [4.69, 9.17) is 0 Å². The van der Waals surface area contributed by atoms with Crippen LogP contribution in [0.3, 0.4) is 0 Å². The fourth-order valence-corrected chi connectivity index (χ4v) is 2.31. The van der Waals surface area contributed by atoms with Crippen LogP contribution in [0.5, 0.6) is 0 Å². The van der Waals surface area contributed by atoms with Crippen molar-refractivity contribution in [1.29, 1.82) is 0 Å². The summed E-state index contributed by atoms with van der Waals surface area (Å²) in [4.78, 5) is 23.7. The molecule has 128 valence electrons. The van der Waals surface area contributed by atoms with Crippen molar-refractivity contribution in [3.8, 4) is 0 Å². The molecule has 24 heavy (non-hydrogen) atoms. The summed E-state index contributed by atoms with van der Waals surface area (Å²) < 4.78 is 14.1. The van der Waals surface area contributed by atoms with Crippen LogP contribution in [-0.2, 0) is 6.54 Å². The topological polar surface area (TPSA) is 84.2 Å². The standard InChI is InChI=1S/C17H20FN3O3/c1-3-21-16(23)9-8-14(20-21)17(24)19-11(2)10-15(22)12-4-6-13(18)7-5-12/h4-9,11,15,22H,3,10H2,1-2H3,(H,19,24). The van der Waals surface area contributed by atoms with E-state index in [-0.39, 0.29) is 29.5 Å². The molecule has 0 fully saturated rings. The minimum atomic E-state index is -0.821. The number of nitrogens with one attached hydrogen (secondary N) is 1. The first-order chi connectivity index (χ1) is 11.4. The Morgan fingerprint density at radius 2 is 1.96 bits per heavy atom. The average Bonchev–Trinajstić information content (AvgIpc) is 2.55. The maximum absolute atomic E-state index is 12.9. The van der Waals surface area contributed by atoms with Crippen molar-refractivity contribution in [1.82, 2.24) is 15.1 Å². The molecule has 0 radical (unpaired) electrons. The van der Waals surface area contributed by atoms with Crippen LogP contribution in [0.4, 0.5) is 4.39 Å². The molecule has 2 aromatic rings. The number of carbonyl (C=O) groups excluding carboxylic acids is 1. The quantitative estimate of drug-likeness (QED) is 0.842. The van der Waals surface area contributed by atoms with Crippen molar-refractivity contribution in [3.63, 3.8) is 0 Å². The zero-order valence-corrected chi connectivity index (χ0v) is 13.6. The second-order valence-electron chi connectivity index (χ2n) is 5.55. The SMILES string of the molecule is CCn1nc(C(=O)NC(C)CC(O)c2ccc(F)cc2)ccc1=O. The largest absolute Gasteiger partial charge is 0.388 e. The number of hydrogen-bond donors (Lipinski definition) is 2. The summed E-state index contributed by atoms with van der Waals surface area (Å²) in [5.74, 6) is -0.791. The van der Waals surface area contributed by atoms with Crippen molar-refractivity contribution >= 4 is 5.91 Å². The predicted molar refractivity (Wildman–Crippen MR) is 87.1 cm³/mol. The van der Waals surface area contributed by atoms with E-state index >= 15 is 0 Å². The number of aliphatic hydroxyl groups is 1. The molecule has 1 aromatic carbocycles. The molecule has 0 spiro atoms. The lowest BCUT2D eigenvalue weighted by Crippen LogP contribution is -2.35. The first kappa shape index (κ1) is 17.8. The number of aromatic nitrogens is 2. The molecule has 6 nitrogen and oxygen atoms in total. The predicted octanol–water partition coefficient (Wildman–Crippen LogP) is 1.64. The van der Waals surface area contributed by atoms with Crippen molar-refractivity contribution in [2.24, 2.45) is 0 Å². The van der Waals surface area contributed by atoms with Crippen molar-refractivity contribution in [2.75, 3.05) is 0 Å². The van der Waals surface area contributed by atoms with Gasteiger partial charge in [0, 0.05) is 18.7 Å². The highest BCUT2D eigenvalue weighted by atomic mass is 19.1. The first-order valence-corrected chi connectivity index (χ1v) is 7.73. The van der Waals surface area contributed by atoms with Crippen LogP contribution in [-0.4, -0.2) is 26.8 Å². The number of amides is 1. The number of nitrogens with zero attached hydrogens (tertiary/aromatic N) is 2. The third-order valence-corrected chi connectivity index (χ3v) is 3.61. The molecule has 1 heterocycles. The Labute approximate surface area is 138 Å². The van der Waals surface area contributed by atoms with E-state index in [2.05, 4.69) is 10.4 Å². The Morgan fingerprint density at radius 1 is 1.29 bits per heavy atom. The Hall–Kier alpha value is -2.54. The molecule has 1 aromatic heterocycles. The van der Waals surface area contributed by atoms with Crippen LogP contribution in [0.2, 0.25) is 0 Å². The van der Waals surface area contributed by atoms with E-state index in [1.54, 1.807) is 13.8 Å². The lowest BCUT2D eigenvalue weighted by molar-refractivity contribution is 0.0909. The van der Waals surface area contributed by atoms with Crippen LogP contribution in [0.1, 0.15) is 42.4 Å². The average molecular weight is 333 g/mol. The lowest BCUT2D eigenvalue weighted by Gasteiger charge is -2.18. The number of rotatable bonds is 6. The zero-order chi connectivity index (χ0) is 17.7. The molecular weight excluding hydrogens is 313 g/mol. The van der Waals surface area contributed by atoms with Crippen molar-refractivity contribution in [2.45, 2.75) is 39.0 Å². The van der Waals surface area contributed by atoms with E-state index < -0.39 is 12.0 Å². The molecule has 2 rings (SSSR count). The smallest absolute Gasteiger partial charge is 0.271 e. The fourth-order valence-electron chi connectivity index (χ4n) is 2.31. The third kappa shape index (κ3) is 4.48. The maximum Gasteiger partial charge on any atom is 0.271 e. The van der Waals surface area contributed by atoms with Gasteiger partial charge in [-0.2, -0.15) is 5.10 Å². The second kappa shape index (κ2) is 7.83. The summed E-state index contributed by atoms with van der Waals surface area (Å²) in [5.41, 5.74) is 0.448. The highest BCUT2D eigenvalue weighted by Crippen LogP contribution is 2.18. The van der Waals surface area contributed by atoms with Gasteiger partial charge in [-0.25, -0.2) is 9.07 Å². The van der Waals surface area contributed by atoms with Gasteiger partial charge in [0.05, 0.1) is 6.10 Å². The van der Waals surface area contributed by atoms with Crippen LogP contribution in [0.25, 0.3) is 0 Å². The Bertz CT molecular complexity index is 758. The summed E-state index contributed by atoms with van der Waals surface area (Å²) in [6.07, 6.45) is -0.552. The van der Waals surface area contributed by atoms with Crippen LogP contribution < -0.4 is 10.9 Å². The molecule has 0 aliphatic carbocycles. The van der Waals surface area contributed by atoms with Gasteiger partial charge in [0.25, 0.3) is 11.5 Å². The van der Waals surface area contributed by atoms with Crippen LogP contribution in [0, 0.1) is 5.82 Å². The van der Waals surface area contributed by atoms with E-state index in [0.29, 0.717) is 12.1 Å². The molecule has 2 atom stereocenters. The Morgan fingerprint density at radius 3 is 2.58 bits per heavy atom. The van der Waals surface area contributed by atoms with Crippen molar-refractivity contribution < 1.29 is 14.3 Å². The number of aryl methyl sites for hydroxylation is 1. The molecule has 2 N–H and O–H groups in total. The summed E-state index contributed by atoms with van der Waals surface area (Å²) >= 11 is 0. The summed E-state index contributed by atoms with van der Waals surface area (Å²) in [6.45, 7) is 3.89. The minimum Gasteiger partial charge on any atom is -0.388 e. The Balaban J connectivity index is 1.98. The van der Waals surface area contributed by atoms with E-state index in [0.717, 1.165) is 0 Å².